The second-order valence-corrected chi connectivity index (χ2v) is 4.76. The highest BCUT2D eigenvalue weighted by Gasteiger charge is 2.23. The maximum Gasteiger partial charge on any atom is 0.326 e. The number of rotatable bonds is 8. The van der Waals surface area contributed by atoms with Crippen LogP contribution in [0, 0.1) is 0 Å². The lowest BCUT2D eigenvalue weighted by atomic mass is 9.99. The van der Waals surface area contributed by atoms with Crippen molar-refractivity contribution in [3.63, 3.8) is 0 Å². The van der Waals surface area contributed by atoms with Crippen LogP contribution in [0.5, 0.6) is 5.75 Å². The van der Waals surface area contributed by atoms with E-state index in [4.69, 9.17) is 9.84 Å². The molecule has 1 aromatic carbocycles. The molecule has 1 aromatic rings. The fourth-order valence-electron chi connectivity index (χ4n) is 1.90. The van der Waals surface area contributed by atoms with Crippen molar-refractivity contribution in [3.05, 3.63) is 42.5 Å². The Labute approximate surface area is 124 Å². The first-order valence-corrected chi connectivity index (χ1v) is 6.77. The third kappa shape index (κ3) is 4.95. The van der Waals surface area contributed by atoms with Crippen LogP contribution in [0.1, 0.15) is 31.2 Å². The molecule has 0 aliphatic carbocycles. The van der Waals surface area contributed by atoms with Gasteiger partial charge in [0.1, 0.15) is 11.8 Å². The van der Waals surface area contributed by atoms with Gasteiger partial charge in [0.2, 0.25) is 5.91 Å². The molecule has 114 valence electrons. The Morgan fingerprint density at radius 1 is 1.48 bits per heavy atom. The lowest BCUT2D eigenvalue weighted by molar-refractivity contribution is -0.142. The molecule has 0 radical (unpaired) electrons. The molecule has 0 bridgehead atoms. The zero-order valence-electron chi connectivity index (χ0n) is 12.3. The molecular weight excluding hydrogens is 270 g/mol. The molecular formula is C16H21NO4. The standard InChI is InChI=1S/C16H21NO4/c1-4-5-9-14(16(19)20)17-15(18)11(2)12-7-6-8-13(10-12)21-3/h4,6-8,10-11,14H,1,5,9H2,2-3H3,(H,17,18)(H,19,20). The Balaban J connectivity index is 2.76. The molecule has 1 amide bonds. The number of aliphatic carboxylic acids is 1. The second kappa shape index (κ2) is 8.09. The molecule has 5 nitrogen and oxygen atoms in total. The Bertz CT molecular complexity index is 513. The number of methoxy groups -OCH3 is 1. The molecule has 0 saturated heterocycles. The van der Waals surface area contributed by atoms with Crippen LogP contribution in [0.2, 0.25) is 0 Å². The highest BCUT2D eigenvalue weighted by atomic mass is 16.5. The number of benzene rings is 1. The highest BCUT2D eigenvalue weighted by Crippen LogP contribution is 2.21. The van der Waals surface area contributed by atoms with Crippen molar-refractivity contribution >= 4 is 11.9 Å². The Hall–Kier alpha value is -2.30. The lowest BCUT2D eigenvalue weighted by Crippen LogP contribution is -2.42. The van der Waals surface area contributed by atoms with Crippen molar-refractivity contribution in [2.45, 2.75) is 31.7 Å². The van der Waals surface area contributed by atoms with Crippen LogP contribution in [0.25, 0.3) is 0 Å². The summed E-state index contributed by atoms with van der Waals surface area (Å²) in [5.74, 6) is -1.15. The molecule has 2 N–H and O–H groups in total. The zero-order valence-corrected chi connectivity index (χ0v) is 12.3. The minimum absolute atomic E-state index is 0.320. The topological polar surface area (TPSA) is 75.6 Å². The summed E-state index contributed by atoms with van der Waals surface area (Å²) in [5.41, 5.74) is 0.778. The van der Waals surface area contributed by atoms with Gasteiger partial charge < -0.3 is 15.2 Å². The van der Waals surface area contributed by atoms with E-state index in [1.807, 2.05) is 6.07 Å². The van der Waals surface area contributed by atoms with E-state index in [1.54, 1.807) is 38.3 Å². The summed E-state index contributed by atoms with van der Waals surface area (Å²) in [4.78, 5) is 23.3. The summed E-state index contributed by atoms with van der Waals surface area (Å²) >= 11 is 0. The molecule has 21 heavy (non-hydrogen) atoms. The van der Waals surface area contributed by atoms with E-state index in [9.17, 15) is 9.59 Å². The summed E-state index contributed by atoms with van der Waals surface area (Å²) in [6, 6.07) is 6.27. The van der Waals surface area contributed by atoms with Crippen LogP contribution in [0.15, 0.2) is 36.9 Å². The average molecular weight is 291 g/mol. The van der Waals surface area contributed by atoms with Crippen LogP contribution in [-0.4, -0.2) is 30.1 Å². The van der Waals surface area contributed by atoms with Crippen LogP contribution in [0.3, 0.4) is 0 Å². The average Bonchev–Trinajstić information content (AvgIpc) is 2.50. The van der Waals surface area contributed by atoms with Gasteiger partial charge in [-0.05, 0) is 37.5 Å². The Morgan fingerprint density at radius 2 is 2.19 bits per heavy atom. The quantitative estimate of drug-likeness (QED) is 0.721. The SMILES string of the molecule is C=CCCC(NC(=O)C(C)c1cccc(OC)c1)C(=O)O. The predicted octanol–water partition coefficient (Wildman–Crippen LogP) is 2.33. The van der Waals surface area contributed by atoms with Gasteiger partial charge in [-0.25, -0.2) is 4.79 Å². The van der Waals surface area contributed by atoms with Gasteiger partial charge in [0.25, 0.3) is 0 Å². The van der Waals surface area contributed by atoms with Crippen molar-refractivity contribution in [2.75, 3.05) is 7.11 Å². The summed E-state index contributed by atoms with van der Waals surface area (Å²) in [7, 11) is 1.56. The minimum atomic E-state index is -1.04. The third-order valence-corrected chi connectivity index (χ3v) is 3.26. The summed E-state index contributed by atoms with van der Waals surface area (Å²) in [5, 5.41) is 11.7. The first-order chi connectivity index (χ1) is 9.99. The predicted molar refractivity (Wildman–Crippen MR) is 80.4 cm³/mol. The second-order valence-electron chi connectivity index (χ2n) is 4.76. The van der Waals surface area contributed by atoms with E-state index in [0.717, 1.165) is 5.56 Å². The third-order valence-electron chi connectivity index (χ3n) is 3.26. The lowest BCUT2D eigenvalue weighted by Gasteiger charge is -2.18. The summed E-state index contributed by atoms with van der Waals surface area (Å²) < 4.78 is 5.12. The molecule has 0 aliphatic rings. The number of carbonyl (C=O) groups is 2. The molecule has 0 heterocycles. The zero-order chi connectivity index (χ0) is 15.8. The van der Waals surface area contributed by atoms with Gasteiger partial charge in [-0.15, -0.1) is 6.58 Å². The van der Waals surface area contributed by atoms with Gasteiger partial charge in [-0.3, -0.25) is 4.79 Å². The number of hydrogen-bond acceptors (Lipinski definition) is 3. The van der Waals surface area contributed by atoms with Gasteiger partial charge in [0.05, 0.1) is 13.0 Å². The largest absolute Gasteiger partial charge is 0.497 e. The first kappa shape index (κ1) is 16.8. The molecule has 0 fully saturated rings. The van der Waals surface area contributed by atoms with Crippen LogP contribution >= 0.6 is 0 Å². The number of carboxylic acids is 1. The first-order valence-electron chi connectivity index (χ1n) is 6.77. The summed E-state index contributed by atoms with van der Waals surface area (Å²) in [6.07, 6.45) is 2.49. The number of nitrogens with one attached hydrogen (secondary N) is 1. The molecule has 0 aromatic heterocycles. The number of carboxylic acid groups (broad SMARTS) is 1. The van der Waals surface area contributed by atoms with E-state index >= 15 is 0 Å². The molecule has 0 aliphatic heterocycles. The fourth-order valence-corrected chi connectivity index (χ4v) is 1.90. The van der Waals surface area contributed by atoms with Gasteiger partial charge in [-0.1, -0.05) is 18.2 Å². The van der Waals surface area contributed by atoms with Crippen molar-refractivity contribution in [2.24, 2.45) is 0 Å². The number of amides is 1. The van der Waals surface area contributed by atoms with Crippen molar-refractivity contribution in [3.8, 4) is 5.75 Å². The monoisotopic (exact) mass is 291 g/mol. The summed E-state index contributed by atoms with van der Waals surface area (Å²) in [6.45, 7) is 5.29. The van der Waals surface area contributed by atoms with Crippen molar-refractivity contribution < 1.29 is 19.4 Å². The maximum absolute atomic E-state index is 12.2. The molecule has 5 heteroatoms. The molecule has 1 rings (SSSR count). The van der Waals surface area contributed by atoms with Gasteiger partial charge in [-0.2, -0.15) is 0 Å². The maximum atomic E-state index is 12.2. The van der Waals surface area contributed by atoms with E-state index < -0.39 is 17.9 Å². The number of carbonyl (C=O) groups excluding carboxylic acids is 1. The van der Waals surface area contributed by atoms with E-state index in [-0.39, 0.29) is 5.91 Å². The van der Waals surface area contributed by atoms with Crippen molar-refractivity contribution in [1.82, 2.24) is 5.32 Å². The minimum Gasteiger partial charge on any atom is -0.497 e. The van der Waals surface area contributed by atoms with Crippen molar-refractivity contribution in [1.29, 1.82) is 0 Å². The fraction of sp³-hybridized carbons (Fsp3) is 0.375. The van der Waals surface area contributed by atoms with Gasteiger partial charge in [0, 0.05) is 0 Å². The van der Waals surface area contributed by atoms with E-state index in [2.05, 4.69) is 11.9 Å². The van der Waals surface area contributed by atoms with Gasteiger partial charge in [0.15, 0.2) is 0 Å². The van der Waals surface area contributed by atoms with E-state index in [1.165, 1.54) is 0 Å². The molecule has 2 atom stereocenters. The van der Waals surface area contributed by atoms with Crippen LogP contribution in [-0.2, 0) is 9.59 Å². The molecule has 0 spiro atoms. The normalized spacial score (nSPS) is 13.0. The smallest absolute Gasteiger partial charge is 0.326 e. The Morgan fingerprint density at radius 3 is 2.76 bits per heavy atom. The number of ether oxygens (including phenoxy) is 1. The highest BCUT2D eigenvalue weighted by molar-refractivity contribution is 5.87. The van der Waals surface area contributed by atoms with Crippen LogP contribution < -0.4 is 10.1 Å². The van der Waals surface area contributed by atoms with Crippen LogP contribution in [0.4, 0.5) is 0 Å². The molecule has 0 saturated carbocycles. The molecule has 2 unspecified atom stereocenters. The number of allylic oxidation sites excluding steroid dienone is 1. The Kier molecular flexibility index (Phi) is 6.46. The van der Waals surface area contributed by atoms with Gasteiger partial charge >= 0.3 is 5.97 Å². The number of hydrogen-bond donors (Lipinski definition) is 2. The van der Waals surface area contributed by atoms with E-state index in [0.29, 0.717) is 18.6 Å².